The van der Waals surface area contributed by atoms with Gasteiger partial charge < -0.3 is 19.4 Å². The van der Waals surface area contributed by atoms with Crippen LogP contribution in [-0.4, -0.2) is 88.7 Å². The van der Waals surface area contributed by atoms with Gasteiger partial charge in [-0.3, -0.25) is 14.4 Å². The fraction of sp³-hybridized carbons (Fsp3) is 0.741. The van der Waals surface area contributed by atoms with Gasteiger partial charge in [0.25, 0.3) is 0 Å². The van der Waals surface area contributed by atoms with Crippen molar-refractivity contribution < 1.29 is 19.1 Å². The maximum absolute atomic E-state index is 12.9. The maximum Gasteiger partial charge on any atom is 0.310 e. The third-order valence-electron chi connectivity index (χ3n) is 7.15. The van der Waals surface area contributed by atoms with Gasteiger partial charge in [-0.2, -0.15) is 0 Å². The highest BCUT2D eigenvalue weighted by molar-refractivity contribution is 7.99. The van der Waals surface area contributed by atoms with E-state index in [-0.39, 0.29) is 35.5 Å². The fourth-order valence-corrected chi connectivity index (χ4v) is 6.03. The summed E-state index contributed by atoms with van der Waals surface area (Å²) in [5.41, 5.74) is 0. The first kappa shape index (κ1) is 30.5. The van der Waals surface area contributed by atoms with Crippen molar-refractivity contribution in [2.75, 3.05) is 50.0 Å². The van der Waals surface area contributed by atoms with Crippen molar-refractivity contribution in [3.63, 3.8) is 0 Å². The average molecular weight is 568 g/mol. The molecule has 0 spiro atoms. The van der Waals surface area contributed by atoms with E-state index in [9.17, 15) is 14.4 Å². The lowest BCUT2D eigenvalue weighted by Gasteiger charge is -2.40. The largest absolute Gasteiger partial charge is 0.466 e. The molecule has 2 atom stereocenters. The highest BCUT2D eigenvalue weighted by Gasteiger charge is 2.30. The Labute approximate surface area is 236 Å². The molecule has 0 radical (unpaired) electrons. The van der Waals surface area contributed by atoms with E-state index >= 15 is 0 Å². The number of hydrogen-bond acceptors (Lipinski definition) is 8. The molecule has 1 aromatic rings. The quantitative estimate of drug-likeness (QED) is 0.120. The number of anilines is 1. The Bertz CT molecular complexity index is 952. The minimum atomic E-state index is -0.264. The molecular formula is C27H42ClN5O4S. The normalized spacial score (nSPS) is 19.9. The van der Waals surface area contributed by atoms with E-state index in [4.69, 9.17) is 16.3 Å². The predicted octanol–water partition coefficient (Wildman–Crippen LogP) is 4.42. The van der Waals surface area contributed by atoms with Crippen LogP contribution < -0.4 is 4.90 Å². The van der Waals surface area contributed by atoms with Crippen molar-refractivity contribution in [3.8, 4) is 0 Å². The Kier molecular flexibility index (Phi) is 12.4. The molecule has 0 bridgehead atoms. The number of nitrogens with zero attached hydrogens (tertiary/aromatic N) is 5. The van der Waals surface area contributed by atoms with Crippen molar-refractivity contribution in [2.45, 2.75) is 83.3 Å². The van der Waals surface area contributed by atoms with Crippen LogP contribution in [-0.2, 0) is 19.1 Å². The van der Waals surface area contributed by atoms with Crippen LogP contribution in [0, 0.1) is 5.92 Å². The predicted molar refractivity (Wildman–Crippen MR) is 150 cm³/mol. The van der Waals surface area contributed by atoms with Crippen LogP contribution >= 0.6 is 23.4 Å². The summed E-state index contributed by atoms with van der Waals surface area (Å²) in [4.78, 5) is 52.5. The molecular weight excluding hydrogens is 526 g/mol. The van der Waals surface area contributed by atoms with Crippen molar-refractivity contribution in [2.24, 2.45) is 5.92 Å². The third-order valence-corrected chi connectivity index (χ3v) is 8.17. The molecule has 2 amide bonds. The number of rotatable bonds is 12. The van der Waals surface area contributed by atoms with Gasteiger partial charge in [-0.25, -0.2) is 9.97 Å². The molecule has 9 nitrogen and oxygen atoms in total. The number of unbranched alkanes of at least 4 members (excludes halogenated alkanes) is 4. The summed E-state index contributed by atoms with van der Waals surface area (Å²) in [6.07, 6.45) is 7.82. The second-order valence-corrected chi connectivity index (χ2v) is 11.4. The van der Waals surface area contributed by atoms with Crippen LogP contribution in [0.15, 0.2) is 11.2 Å². The van der Waals surface area contributed by atoms with E-state index in [1.54, 1.807) is 17.9 Å². The van der Waals surface area contributed by atoms with Crippen LogP contribution in [0.5, 0.6) is 0 Å². The lowest BCUT2D eigenvalue weighted by molar-refractivity contribution is -0.151. The number of carbonyl (C=O) groups is 3. The summed E-state index contributed by atoms with van der Waals surface area (Å²) in [6.45, 7) is 9.40. The molecule has 212 valence electrons. The average Bonchev–Trinajstić information content (AvgIpc) is 2.91. The Morgan fingerprint density at radius 3 is 2.58 bits per heavy atom. The minimum absolute atomic E-state index is 0.0513. The zero-order valence-corrected chi connectivity index (χ0v) is 24.6. The Morgan fingerprint density at radius 1 is 1.05 bits per heavy atom. The Hall–Kier alpha value is -2.07. The first-order chi connectivity index (χ1) is 18.3. The molecule has 3 heterocycles. The molecule has 2 aliphatic heterocycles. The molecule has 0 N–H and O–H groups in total. The number of carbonyl (C=O) groups excluding carboxylic acids is 3. The van der Waals surface area contributed by atoms with Gasteiger partial charge in [0, 0.05) is 51.3 Å². The number of esters is 1. The number of ether oxygens (including phenoxy) is 1. The summed E-state index contributed by atoms with van der Waals surface area (Å²) in [5.74, 6) is 0.561. The lowest BCUT2D eigenvalue weighted by Crippen LogP contribution is -2.54. The molecule has 38 heavy (non-hydrogen) atoms. The number of aromatic nitrogens is 2. The standard InChI is InChI=1S/C27H42ClN5O4S/c1-4-6-7-8-9-12-24(34)33-15-14-31(17-20(33)3)23-16-22(28)29-27(30-23)38-19-25(35)32-13-10-11-21(18-32)26(36)37-5-2/h16,20-21H,4-15,17-19H2,1-3H3. The number of amides is 2. The van der Waals surface area contributed by atoms with Crippen LogP contribution in [0.1, 0.15) is 72.1 Å². The van der Waals surface area contributed by atoms with Gasteiger partial charge >= 0.3 is 5.97 Å². The molecule has 2 aliphatic rings. The van der Waals surface area contributed by atoms with Crippen molar-refractivity contribution in [1.29, 1.82) is 0 Å². The lowest BCUT2D eigenvalue weighted by atomic mass is 9.98. The third kappa shape index (κ3) is 9.00. The highest BCUT2D eigenvalue weighted by atomic mass is 35.5. The first-order valence-corrected chi connectivity index (χ1v) is 15.3. The van der Waals surface area contributed by atoms with Gasteiger partial charge in [0.15, 0.2) is 5.16 Å². The highest BCUT2D eigenvalue weighted by Crippen LogP contribution is 2.26. The molecule has 0 saturated carbocycles. The topological polar surface area (TPSA) is 95.9 Å². The molecule has 0 aromatic carbocycles. The molecule has 2 saturated heterocycles. The zero-order chi connectivity index (χ0) is 27.5. The van der Waals surface area contributed by atoms with E-state index in [2.05, 4.69) is 28.7 Å². The number of piperazine rings is 1. The van der Waals surface area contributed by atoms with E-state index in [0.29, 0.717) is 61.9 Å². The monoisotopic (exact) mass is 567 g/mol. The number of piperidine rings is 1. The van der Waals surface area contributed by atoms with E-state index in [1.807, 2.05) is 4.90 Å². The smallest absolute Gasteiger partial charge is 0.310 e. The molecule has 0 aliphatic carbocycles. The van der Waals surface area contributed by atoms with Gasteiger partial charge in [-0.05, 0) is 33.1 Å². The summed E-state index contributed by atoms with van der Waals surface area (Å²) in [5, 5.41) is 0.765. The molecule has 11 heteroatoms. The molecule has 3 rings (SSSR count). The summed E-state index contributed by atoms with van der Waals surface area (Å²) >= 11 is 7.57. The maximum atomic E-state index is 12.9. The molecule has 2 unspecified atom stereocenters. The molecule has 1 aromatic heterocycles. The Balaban J connectivity index is 1.51. The number of thioether (sulfide) groups is 1. The second-order valence-electron chi connectivity index (χ2n) is 10.1. The SMILES string of the molecule is CCCCCCCC(=O)N1CCN(c2cc(Cl)nc(SCC(=O)N3CCCC(C(=O)OCC)C3)n2)CC1C. The minimum Gasteiger partial charge on any atom is -0.466 e. The van der Waals surface area contributed by atoms with Crippen molar-refractivity contribution >= 4 is 47.0 Å². The first-order valence-electron chi connectivity index (χ1n) is 14.0. The van der Waals surface area contributed by atoms with Gasteiger partial charge in [-0.15, -0.1) is 0 Å². The van der Waals surface area contributed by atoms with Gasteiger partial charge in [0.05, 0.1) is 18.3 Å². The number of halogens is 1. The van der Waals surface area contributed by atoms with E-state index in [1.165, 1.54) is 31.0 Å². The number of likely N-dealkylation sites (tertiary alicyclic amines) is 1. The van der Waals surface area contributed by atoms with E-state index in [0.717, 1.165) is 25.7 Å². The van der Waals surface area contributed by atoms with Crippen molar-refractivity contribution in [3.05, 3.63) is 11.2 Å². The van der Waals surface area contributed by atoms with Gasteiger partial charge in [-0.1, -0.05) is 56.0 Å². The zero-order valence-electron chi connectivity index (χ0n) is 23.0. The van der Waals surface area contributed by atoms with Crippen molar-refractivity contribution in [1.82, 2.24) is 19.8 Å². The molecule has 2 fully saturated rings. The van der Waals surface area contributed by atoms with Crippen LogP contribution in [0.4, 0.5) is 5.82 Å². The van der Waals surface area contributed by atoms with Crippen LogP contribution in [0.3, 0.4) is 0 Å². The Morgan fingerprint density at radius 2 is 1.84 bits per heavy atom. The van der Waals surface area contributed by atoms with Crippen LogP contribution in [0.25, 0.3) is 0 Å². The van der Waals surface area contributed by atoms with Gasteiger partial charge in [0.1, 0.15) is 11.0 Å². The summed E-state index contributed by atoms with van der Waals surface area (Å²) in [7, 11) is 0. The van der Waals surface area contributed by atoms with Crippen LogP contribution in [0.2, 0.25) is 5.15 Å². The summed E-state index contributed by atoms with van der Waals surface area (Å²) < 4.78 is 5.14. The van der Waals surface area contributed by atoms with Gasteiger partial charge in [0.2, 0.25) is 11.8 Å². The summed E-state index contributed by atoms with van der Waals surface area (Å²) in [6, 6.07) is 1.81. The fourth-order valence-electron chi connectivity index (χ4n) is 5.05. The number of hydrogen-bond donors (Lipinski definition) is 0. The second kappa shape index (κ2) is 15.5. The van der Waals surface area contributed by atoms with E-state index < -0.39 is 0 Å².